The van der Waals surface area contributed by atoms with Gasteiger partial charge in [-0.3, -0.25) is 4.79 Å². The number of amides is 1. The van der Waals surface area contributed by atoms with Crippen LogP contribution in [0.4, 0.5) is 5.69 Å². The van der Waals surface area contributed by atoms with Crippen molar-refractivity contribution >= 4 is 11.6 Å². The molecular formula is C17H28N2O. The van der Waals surface area contributed by atoms with Crippen molar-refractivity contribution < 1.29 is 4.79 Å². The average Bonchev–Trinajstić information content (AvgIpc) is 2.44. The van der Waals surface area contributed by atoms with Gasteiger partial charge in [-0.25, -0.2) is 0 Å². The number of carbonyl (C=O) groups is 1. The Bertz CT molecular complexity index is 418. The number of aryl methyl sites for hydroxylation is 2. The molecular weight excluding hydrogens is 248 g/mol. The standard InChI is InChI=1S/C17H28N2O/c1-6-14-9-8-10-15(7-2)17(14)18-11-16(20)19-13(5)12(3)4/h8-10,12-13,18H,6-7,11H2,1-5H3,(H,19,20). The van der Waals surface area contributed by atoms with Crippen molar-refractivity contribution in [3.8, 4) is 0 Å². The highest BCUT2D eigenvalue weighted by Crippen LogP contribution is 2.22. The SMILES string of the molecule is CCc1cccc(CC)c1NCC(=O)NC(C)C(C)C. The average molecular weight is 276 g/mol. The summed E-state index contributed by atoms with van der Waals surface area (Å²) in [5.74, 6) is 0.507. The Kier molecular flexibility index (Phi) is 6.56. The molecule has 1 rings (SSSR count). The van der Waals surface area contributed by atoms with Crippen LogP contribution in [0, 0.1) is 5.92 Å². The fraction of sp³-hybridized carbons (Fsp3) is 0.588. The predicted octanol–water partition coefficient (Wildman–Crippen LogP) is 3.38. The maximum atomic E-state index is 12.0. The van der Waals surface area contributed by atoms with E-state index in [4.69, 9.17) is 0 Å². The van der Waals surface area contributed by atoms with Crippen LogP contribution >= 0.6 is 0 Å². The van der Waals surface area contributed by atoms with Gasteiger partial charge in [-0.15, -0.1) is 0 Å². The summed E-state index contributed by atoms with van der Waals surface area (Å²) in [6.07, 6.45) is 1.94. The summed E-state index contributed by atoms with van der Waals surface area (Å²) in [4.78, 5) is 12.0. The van der Waals surface area contributed by atoms with Crippen LogP contribution < -0.4 is 10.6 Å². The Hall–Kier alpha value is -1.51. The van der Waals surface area contributed by atoms with Gasteiger partial charge in [-0.2, -0.15) is 0 Å². The van der Waals surface area contributed by atoms with E-state index in [0.29, 0.717) is 12.5 Å². The lowest BCUT2D eigenvalue weighted by molar-refractivity contribution is -0.120. The van der Waals surface area contributed by atoms with Gasteiger partial charge in [0.15, 0.2) is 0 Å². The van der Waals surface area contributed by atoms with Gasteiger partial charge in [0.25, 0.3) is 0 Å². The molecule has 20 heavy (non-hydrogen) atoms. The maximum Gasteiger partial charge on any atom is 0.239 e. The Morgan fingerprint density at radius 2 is 1.65 bits per heavy atom. The first-order valence-corrected chi connectivity index (χ1v) is 7.63. The molecule has 112 valence electrons. The summed E-state index contributed by atoms with van der Waals surface area (Å²) < 4.78 is 0. The molecule has 1 aromatic rings. The van der Waals surface area contributed by atoms with E-state index >= 15 is 0 Å². The third kappa shape index (κ3) is 4.55. The first-order valence-electron chi connectivity index (χ1n) is 7.63. The monoisotopic (exact) mass is 276 g/mol. The zero-order valence-electron chi connectivity index (χ0n) is 13.4. The van der Waals surface area contributed by atoms with Crippen LogP contribution in [-0.4, -0.2) is 18.5 Å². The number of rotatable bonds is 7. The van der Waals surface area contributed by atoms with Crippen molar-refractivity contribution in [2.75, 3.05) is 11.9 Å². The van der Waals surface area contributed by atoms with Gasteiger partial charge in [0.1, 0.15) is 0 Å². The summed E-state index contributed by atoms with van der Waals surface area (Å²) in [5, 5.41) is 6.34. The van der Waals surface area contributed by atoms with Gasteiger partial charge in [-0.05, 0) is 36.8 Å². The molecule has 1 unspecified atom stereocenters. The van der Waals surface area contributed by atoms with E-state index in [1.54, 1.807) is 0 Å². The number of benzene rings is 1. The molecule has 0 spiro atoms. The number of anilines is 1. The van der Waals surface area contributed by atoms with Crippen LogP contribution in [0.1, 0.15) is 45.7 Å². The largest absolute Gasteiger partial charge is 0.376 e. The lowest BCUT2D eigenvalue weighted by atomic mass is 10.0. The van der Waals surface area contributed by atoms with Gasteiger partial charge in [0, 0.05) is 11.7 Å². The third-order valence-electron chi connectivity index (χ3n) is 3.81. The molecule has 0 aliphatic carbocycles. The Morgan fingerprint density at radius 1 is 1.10 bits per heavy atom. The van der Waals surface area contributed by atoms with Crippen LogP contribution in [0.15, 0.2) is 18.2 Å². The fourth-order valence-corrected chi connectivity index (χ4v) is 2.11. The van der Waals surface area contributed by atoms with E-state index in [-0.39, 0.29) is 11.9 Å². The number of nitrogens with one attached hydrogen (secondary N) is 2. The minimum Gasteiger partial charge on any atom is -0.376 e. The minimum atomic E-state index is 0.0548. The van der Waals surface area contributed by atoms with Crippen molar-refractivity contribution in [1.82, 2.24) is 5.32 Å². The molecule has 3 nitrogen and oxygen atoms in total. The molecule has 1 aromatic carbocycles. The van der Waals surface area contributed by atoms with Gasteiger partial charge < -0.3 is 10.6 Å². The summed E-state index contributed by atoms with van der Waals surface area (Å²) in [6, 6.07) is 6.53. The second-order valence-corrected chi connectivity index (χ2v) is 5.61. The van der Waals surface area contributed by atoms with Crippen molar-refractivity contribution in [3.63, 3.8) is 0 Å². The molecule has 0 aliphatic rings. The van der Waals surface area contributed by atoms with E-state index < -0.39 is 0 Å². The summed E-state index contributed by atoms with van der Waals surface area (Å²) in [6.45, 7) is 10.9. The van der Waals surface area contributed by atoms with Crippen molar-refractivity contribution in [2.24, 2.45) is 5.92 Å². The molecule has 0 aliphatic heterocycles. The smallest absolute Gasteiger partial charge is 0.239 e. The Morgan fingerprint density at radius 3 is 2.10 bits per heavy atom. The second-order valence-electron chi connectivity index (χ2n) is 5.61. The van der Waals surface area contributed by atoms with E-state index in [1.165, 1.54) is 11.1 Å². The van der Waals surface area contributed by atoms with Crippen LogP contribution in [-0.2, 0) is 17.6 Å². The normalized spacial score (nSPS) is 12.3. The van der Waals surface area contributed by atoms with Gasteiger partial charge >= 0.3 is 0 Å². The Balaban J connectivity index is 2.67. The topological polar surface area (TPSA) is 41.1 Å². The molecule has 3 heteroatoms. The zero-order valence-corrected chi connectivity index (χ0v) is 13.4. The number of hydrogen-bond acceptors (Lipinski definition) is 2. The summed E-state index contributed by atoms with van der Waals surface area (Å²) in [5.41, 5.74) is 3.67. The van der Waals surface area contributed by atoms with Gasteiger partial charge in [0.05, 0.1) is 6.54 Å². The molecule has 0 heterocycles. The second kappa shape index (κ2) is 7.93. The van der Waals surface area contributed by atoms with Crippen molar-refractivity contribution in [3.05, 3.63) is 29.3 Å². The number of para-hydroxylation sites is 1. The van der Waals surface area contributed by atoms with Gasteiger partial charge in [0.2, 0.25) is 5.91 Å². The number of hydrogen-bond donors (Lipinski definition) is 2. The lowest BCUT2D eigenvalue weighted by Crippen LogP contribution is -2.39. The minimum absolute atomic E-state index is 0.0548. The van der Waals surface area contributed by atoms with E-state index in [1.807, 2.05) is 6.92 Å². The molecule has 0 fully saturated rings. The highest BCUT2D eigenvalue weighted by molar-refractivity contribution is 5.81. The van der Waals surface area contributed by atoms with Crippen LogP contribution in [0.25, 0.3) is 0 Å². The summed E-state index contributed by atoms with van der Waals surface area (Å²) >= 11 is 0. The molecule has 0 bridgehead atoms. The lowest BCUT2D eigenvalue weighted by Gasteiger charge is -2.19. The predicted molar refractivity (Wildman–Crippen MR) is 86.1 cm³/mol. The highest BCUT2D eigenvalue weighted by Gasteiger charge is 2.12. The van der Waals surface area contributed by atoms with Crippen molar-refractivity contribution in [1.29, 1.82) is 0 Å². The van der Waals surface area contributed by atoms with E-state index in [0.717, 1.165) is 18.5 Å². The first-order chi connectivity index (χ1) is 9.49. The van der Waals surface area contributed by atoms with Crippen LogP contribution in [0.5, 0.6) is 0 Å². The summed E-state index contributed by atoms with van der Waals surface area (Å²) in [7, 11) is 0. The van der Waals surface area contributed by atoms with E-state index in [2.05, 4.69) is 56.5 Å². The molecule has 2 N–H and O–H groups in total. The fourth-order valence-electron chi connectivity index (χ4n) is 2.11. The molecule has 0 aromatic heterocycles. The van der Waals surface area contributed by atoms with Crippen LogP contribution in [0.2, 0.25) is 0 Å². The quantitative estimate of drug-likeness (QED) is 0.801. The maximum absolute atomic E-state index is 12.0. The molecule has 1 atom stereocenters. The zero-order chi connectivity index (χ0) is 15.1. The highest BCUT2D eigenvalue weighted by atomic mass is 16.1. The van der Waals surface area contributed by atoms with Crippen molar-refractivity contribution in [2.45, 2.75) is 53.5 Å². The molecule has 0 radical (unpaired) electrons. The Labute approximate surface area is 123 Å². The number of carbonyl (C=O) groups excluding carboxylic acids is 1. The van der Waals surface area contributed by atoms with Gasteiger partial charge in [-0.1, -0.05) is 45.9 Å². The first kappa shape index (κ1) is 16.5. The molecule has 0 saturated heterocycles. The molecule has 1 amide bonds. The van der Waals surface area contributed by atoms with E-state index in [9.17, 15) is 4.79 Å². The molecule has 0 saturated carbocycles. The van der Waals surface area contributed by atoms with Crippen LogP contribution in [0.3, 0.4) is 0 Å². The third-order valence-corrected chi connectivity index (χ3v) is 3.81.